The molecule has 2 saturated heterocycles. The van der Waals surface area contributed by atoms with Crippen LogP contribution in [0.5, 0.6) is 0 Å². The molecule has 3 heterocycles. The number of ether oxygens (including phenoxy) is 1. The third kappa shape index (κ3) is 4.86. The number of anilines is 1. The van der Waals surface area contributed by atoms with Gasteiger partial charge in [0, 0.05) is 31.9 Å². The zero-order chi connectivity index (χ0) is 21.6. The Kier molecular flexibility index (Phi) is 5.64. The molecule has 0 aliphatic carbocycles. The second-order valence-electron chi connectivity index (χ2n) is 9.94. The number of carbonyl (C=O) groups is 1. The van der Waals surface area contributed by atoms with Crippen molar-refractivity contribution in [1.82, 2.24) is 9.88 Å². The number of hydrogen-bond donors (Lipinski definition) is 0. The summed E-state index contributed by atoms with van der Waals surface area (Å²) in [6.45, 7) is 18.5. The molecule has 8 heteroatoms. The Labute approximate surface area is 174 Å². The molecule has 0 bridgehead atoms. The minimum atomic E-state index is -0.482. The van der Waals surface area contributed by atoms with Crippen molar-refractivity contribution in [2.45, 2.75) is 72.2 Å². The fraction of sp³-hybridized carbons (Fsp3) is 0.714. The zero-order valence-corrected chi connectivity index (χ0v) is 19.0. The van der Waals surface area contributed by atoms with E-state index >= 15 is 0 Å². The highest BCUT2D eigenvalue weighted by atomic mass is 16.7. The molecule has 0 radical (unpaired) electrons. The van der Waals surface area contributed by atoms with Crippen LogP contribution in [-0.2, 0) is 14.0 Å². The van der Waals surface area contributed by atoms with Crippen LogP contribution in [-0.4, -0.2) is 66.1 Å². The number of rotatable bonds is 2. The Hall–Kier alpha value is -1.80. The minimum absolute atomic E-state index is 0.257. The first-order valence-corrected chi connectivity index (χ1v) is 10.3. The van der Waals surface area contributed by atoms with Crippen molar-refractivity contribution in [3.8, 4) is 0 Å². The van der Waals surface area contributed by atoms with Gasteiger partial charge in [-0.2, -0.15) is 0 Å². The summed E-state index contributed by atoms with van der Waals surface area (Å²) in [6.07, 6.45) is -0.257. The smallest absolute Gasteiger partial charge is 0.444 e. The molecule has 0 atom stereocenters. The molecule has 1 aromatic heterocycles. The highest BCUT2D eigenvalue weighted by Crippen LogP contribution is 2.36. The predicted molar refractivity (Wildman–Crippen MR) is 115 cm³/mol. The Balaban J connectivity index is 1.70. The van der Waals surface area contributed by atoms with Crippen LogP contribution in [0.4, 0.5) is 10.6 Å². The topological polar surface area (TPSA) is 64.1 Å². The van der Waals surface area contributed by atoms with Crippen molar-refractivity contribution >= 4 is 24.5 Å². The van der Waals surface area contributed by atoms with Gasteiger partial charge in [-0.1, -0.05) is 0 Å². The average Bonchev–Trinajstić information content (AvgIpc) is 2.81. The highest BCUT2D eigenvalue weighted by molar-refractivity contribution is 6.62. The van der Waals surface area contributed by atoms with Crippen LogP contribution < -0.4 is 10.4 Å². The monoisotopic (exact) mass is 403 g/mol. The first-order valence-electron chi connectivity index (χ1n) is 10.3. The lowest BCUT2D eigenvalue weighted by Gasteiger charge is -2.36. The summed E-state index contributed by atoms with van der Waals surface area (Å²) in [7, 11) is -0.413. The van der Waals surface area contributed by atoms with Gasteiger partial charge in [0.15, 0.2) is 0 Å². The van der Waals surface area contributed by atoms with Gasteiger partial charge in [-0.05, 0) is 73.0 Å². The van der Waals surface area contributed by atoms with Gasteiger partial charge in [-0.3, -0.25) is 0 Å². The molecular formula is C21H34BN3O4. The van der Waals surface area contributed by atoms with Gasteiger partial charge in [0.1, 0.15) is 11.4 Å². The highest BCUT2D eigenvalue weighted by Gasteiger charge is 2.51. The lowest BCUT2D eigenvalue weighted by atomic mass is 9.79. The number of nitrogens with zero attached hydrogens (tertiary/aromatic N) is 3. The maximum Gasteiger partial charge on any atom is 0.495 e. The van der Waals surface area contributed by atoms with E-state index in [0.717, 1.165) is 17.0 Å². The van der Waals surface area contributed by atoms with Crippen molar-refractivity contribution in [3.05, 3.63) is 17.8 Å². The lowest BCUT2D eigenvalue weighted by molar-refractivity contribution is 0.00578. The number of aryl methyl sites for hydroxylation is 1. The summed E-state index contributed by atoms with van der Waals surface area (Å²) in [4.78, 5) is 21.0. The van der Waals surface area contributed by atoms with E-state index in [1.54, 1.807) is 4.90 Å². The van der Waals surface area contributed by atoms with Gasteiger partial charge in [0.05, 0.1) is 11.2 Å². The van der Waals surface area contributed by atoms with Crippen LogP contribution in [0, 0.1) is 6.92 Å². The Morgan fingerprint density at radius 2 is 1.62 bits per heavy atom. The van der Waals surface area contributed by atoms with Gasteiger partial charge in [-0.15, -0.1) is 0 Å². The molecule has 3 rings (SSSR count). The van der Waals surface area contributed by atoms with E-state index in [0.29, 0.717) is 26.2 Å². The molecule has 7 nitrogen and oxygen atoms in total. The van der Waals surface area contributed by atoms with Crippen LogP contribution in [0.25, 0.3) is 0 Å². The molecule has 29 heavy (non-hydrogen) atoms. The van der Waals surface area contributed by atoms with Crippen LogP contribution in [0.1, 0.15) is 54.2 Å². The largest absolute Gasteiger partial charge is 0.495 e. The molecule has 0 unspecified atom stereocenters. The molecule has 2 aliphatic rings. The molecule has 2 aliphatic heterocycles. The van der Waals surface area contributed by atoms with Crippen LogP contribution >= 0.6 is 0 Å². The maximum absolute atomic E-state index is 12.3. The van der Waals surface area contributed by atoms with Crippen molar-refractivity contribution in [3.63, 3.8) is 0 Å². The summed E-state index contributed by atoms with van der Waals surface area (Å²) in [5, 5.41) is 0. The number of hydrogen-bond acceptors (Lipinski definition) is 6. The van der Waals surface area contributed by atoms with Crippen molar-refractivity contribution in [1.29, 1.82) is 0 Å². The average molecular weight is 403 g/mol. The Morgan fingerprint density at radius 3 is 2.14 bits per heavy atom. The summed E-state index contributed by atoms with van der Waals surface area (Å²) < 4.78 is 17.9. The molecule has 1 aromatic rings. The van der Waals surface area contributed by atoms with E-state index in [-0.39, 0.29) is 17.3 Å². The number of piperazine rings is 1. The Bertz CT molecular complexity index is 752. The first kappa shape index (κ1) is 21.9. The molecule has 0 spiro atoms. The third-order valence-electron chi connectivity index (χ3n) is 5.74. The molecule has 0 saturated carbocycles. The van der Waals surface area contributed by atoms with Gasteiger partial charge in [-0.25, -0.2) is 9.78 Å². The van der Waals surface area contributed by atoms with Crippen molar-refractivity contribution in [2.24, 2.45) is 0 Å². The van der Waals surface area contributed by atoms with Crippen LogP contribution in [0.2, 0.25) is 0 Å². The van der Waals surface area contributed by atoms with E-state index < -0.39 is 12.7 Å². The summed E-state index contributed by atoms with van der Waals surface area (Å²) in [6, 6.07) is 4.06. The quantitative estimate of drug-likeness (QED) is 0.708. The number of pyridine rings is 1. The second kappa shape index (κ2) is 7.47. The van der Waals surface area contributed by atoms with Gasteiger partial charge < -0.3 is 23.8 Å². The van der Waals surface area contributed by atoms with E-state index in [1.165, 1.54) is 0 Å². The molecular weight excluding hydrogens is 369 g/mol. The van der Waals surface area contributed by atoms with E-state index in [9.17, 15) is 4.79 Å². The number of amides is 1. The van der Waals surface area contributed by atoms with Gasteiger partial charge >= 0.3 is 13.2 Å². The first-order chi connectivity index (χ1) is 13.3. The normalized spacial score (nSPS) is 21.4. The standard InChI is InChI=1S/C21H34BN3O4/c1-15-13-16(22-28-20(5,6)21(7,8)29-22)14-17(23-15)24-9-11-25(12-10-24)18(26)27-19(2,3)4/h13-14H,9-12H2,1-8H3. The van der Waals surface area contributed by atoms with Gasteiger partial charge in [0.2, 0.25) is 0 Å². The summed E-state index contributed by atoms with van der Waals surface area (Å²) in [5.74, 6) is 0.888. The van der Waals surface area contributed by atoms with Crippen LogP contribution in [0.15, 0.2) is 12.1 Å². The van der Waals surface area contributed by atoms with E-state index in [4.69, 9.17) is 19.0 Å². The Morgan fingerprint density at radius 1 is 1.07 bits per heavy atom. The predicted octanol–water partition coefficient (Wildman–Crippen LogP) is 2.75. The lowest BCUT2D eigenvalue weighted by Crippen LogP contribution is -2.50. The molecule has 160 valence electrons. The fourth-order valence-electron chi connectivity index (χ4n) is 3.40. The number of aromatic nitrogens is 1. The van der Waals surface area contributed by atoms with E-state index in [1.807, 2.05) is 39.8 Å². The number of carbonyl (C=O) groups excluding carboxylic acids is 1. The summed E-state index contributed by atoms with van der Waals surface area (Å²) >= 11 is 0. The van der Waals surface area contributed by atoms with Crippen LogP contribution in [0.3, 0.4) is 0 Å². The minimum Gasteiger partial charge on any atom is -0.444 e. The van der Waals surface area contributed by atoms with Gasteiger partial charge in [0.25, 0.3) is 0 Å². The SMILES string of the molecule is Cc1cc(B2OC(C)(C)C(C)(C)O2)cc(N2CCN(C(=O)OC(C)(C)C)CC2)n1. The molecule has 2 fully saturated rings. The van der Waals surface area contributed by atoms with Crippen molar-refractivity contribution < 1.29 is 18.8 Å². The second-order valence-corrected chi connectivity index (χ2v) is 9.94. The molecule has 0 N–H and O–H groups in total. The van der Waals surface area contributed by atoms with Crippen molar-refractivity contribution in [2.75, 3.05) is 31.1 Å². The summed E-state index contributed by atoms with van der Waals surface area (Å²) in [5.41, 5.74) is 0.647. The fourth-order valence-corrected chi connectivity index (χ4v) is 3.40. The molecule has 0 aromatic carbocycles. The van der Waals surface area contributed by atoms with E-state index in [2.05, 4.69) is 32.6 Å². The zero-order valence-electron chi connectivity index (χ0n) is 19.0. The molecule has 1 amide bonds. The maximum atomic E-state index is 12.3. The third-order valence-corrected chi connectivity index (χ3v) is 5.74.